The van der Waals surface area contributed by atoms with Crippen molar-refractivity contribution in [1.29, 1.82) is 0 Å². The molecular weight excluding hydrogens is 522 g/mol. The summed E-state index contributed by atoms with van der Waals surface area (Å²) in [5, 5.41) is 2.46. The molecule has 2 heterocycles. The molecular formula is C40H29N3. The van der Waals surface area contributed by atoms with E-state index < -0.39 is 0 Å². The summed E-state index contributed by atoms with van der Waals surface area (Å²) in [5.74, 6) is 0.148. The molecule has 0 bridgehead atoms. The Hall–Kier alpha value is -5.54. The second kappa shape index (κ2) is 10.7. The van der Waals surface area contributed by atoms with Gasteiger partial charge in [-0.15, -0.1) is 0 Å². The number of hydrogen-bond donors (Lipinski definition) is 0. The Morgan fingerprint density at radius 1 is 0.558 bits per heavy atom. The first kappa shape index (κ1) is 25.2. The van der Waals surface area contributed by atoms with E-state index >= 15 is 0 Å². The number of aliphatic imine (C=N–C) groups is 1. The number of fused-ring (bicyclic) bond motifs is 4. The van der Waals surface area contributed by atoms with E-state index in [-0.39, 0.29) is 12.0 Å². The smallest absolute Gasteiger partial charge is 0.117 e. The normalized spacial score (nSPS) is 16.8. The first-order chi connectivity index (χ1) is 21.3. The molecule has 6 aromatic rings. The number of pyridine rings is 1. The summed E-state index contributed by atoms with van der Waals surface area (Å²) in [6.07, 6.45) is 10.6. The summed E-state index contributed by atoms with van der Waals surface area (Å²) < 4.78 is 0. The summed E-state index contributed by atoms with van der Waals surface area (Å²) >= 11 is 0. The van der Waals surface area contributed by atoms with Gasteiger partial charge in [0.15, 0.2) is 0 Å². The van der Waals surface area contributed by atoms with Crippen LogP contribution in [0.4, 0.5) is 17.1 Å². The van der Waals surface area contributed by atoms with Gasteiger partial charge >= 0.3 is 0 Å². The summed E-state index contributed by atoms with van der Waals surface area (Å²) in [6.45, 7) is 0. The fraction of sp³-hybridized carbons (Fsp3) is 0.0500. The van der Waals surface area contributed by atoms with Crippen molar-refractivity contribution in [3.05, 3.63) is 174 Å². The molecule has 2 aliphatic rings. The third kappa shape index (κ3) is 4.75. The fourth-order valence-corrected chi connectivity index (χ4v) is 6.20. The Morgan fingerprint density at radius 2 is 1.23 bits per heavy atom. The lowest BCUT2D eigenvalue weighted by molar-refractivity contribution is 0.796. The number of nitrogens with zero attached hydrogens (tertiary/aromatic N) is 3. The van der Waals surface area contributed by atoms with Crippen LogP contribution in [0.2, 0.25) is 0 Å². The van der Waals surface area contributed by atoms with Gasteiger partial charge in [-0.3, -0.25) is 9.98 Å². The van der Waals surface area contributed by atoms with Gasteiger partial charge in [-0.1, -0.05) is 103 Å². The van der Waals surface area contributed by atoms with Gasteiger partial charge in [-0.2, -0.15) is 0 Å². The number of anilines is 3. The lowest BCUT2D eigenvalue weighted by Crippen LogP contribution is -2.13. The highest BCUT2D eigenvalue weighted by molar-refractivity contribution is 5.89. The van der Waals surface area contributed by atoms with Crippen LogP contribution in [-0.4, -0.2) is 11.2 Å². The van der Waals surface area contributed by atoms with E-state index in [1.54, 1.807) is 0 Å². The molecule has 1 aromatic heterocycles. The quantitative estimate of drug-likeness (QED) is 0.213. The minimum atomic E-state index is -0.000631. The predicted molar refractivity (Wildman–Crippen MR) is 179 cm³/mol. The van der Waals surface area contributed by atoms with Crippen molar-refractivity contribution in [3.8, 4) is 11.1 Å². The van der Waals surface area contributed by atoms with Crippen LogP contribution < -0.4 is 4.90 Å². The summed E-state index contributed by atoms with van der Waals surface area (Å²) in [7, 11) is 0. The van der Waals surface area contributed by atoms with E-state index in [1.165, 1.54) is 33.0 Å². The summed E-state index contributed by atoms with van der Waals surface area (Å²) in [6, 6.07) is 47.5. The third-order valence-electron chi connectivity index (χ3n) is 8.41. The van der Waals surface area contributed by atoms with Crippen LogP contribution in [0.25, 0.3) is 28.0 Å². The molecule has 204 valence electrons. The molecule has 0 spiro atoms. The molecule has 0 radical (unpaired) electrons. The molecule has 2 unspecified atom stereocenters. The maximum Gasteiger partial charge on any atom is 0.117 e. The molecule has 0 N–H and O–H groups in total. The molecule has 1 aliphatic heterocycles. The first-order valence-electron chi connectivity index (χ1n) is 14.7. The van der Waals surface area contributed by atoms with Gasteiger partial charge in [-0.05, 0) is 87.1 Å². The van der Waals surface area contributed by atoms with E-state index in [2.05, 4.69) is 162 Å². The van der Waals surface area contributed by atoms with E-state index in [0.29, 0.717) is 0 Å². The monoisotopic (exact) mass is 551 g/mol. The summed E-state index contributed by atoms with van der Waals surface area (Å²) in [4.78, 5) is 11.8. The molecule has 5 aromatic carbocycles. The van der Waals surface area contributed by atoms with Gasteiger partial charge in [0, 0.05) is 35.4 Å². The number of hydrogen-bond acceptors (Lipinski definition) is 3. The van der Waals surface area contributed by atoms with Crippen molar-refractivity contribution < 1.29 is 0 Å². The van der Waals surface area contributed by atoms with Crippen LogP contribution >= 0.6 is 0 Å². The number of allylic oxidation sites excluding steroid dienone is 1. The van der Waals surface area contributed by atoms with Gasteiger partial charge in [0.1, 0.15) is 6.04 Å². The minimum Gasteiger partial charge on any atom is -0.311 e. The number of benzene rings is 5. The number of dihydropyridines is 1. The van der Waals surface area contributed by atoms with Crippen LogP contribution in [0.5, 0.6) is 0 Å². The zero-order valence-electron chi connectivity index (χ0n) is 23.6. The van der Waals surface area contributed by atoms with Gasteiger partial charge in [0.25, 0.3) is 0 Å². The van der Waals surface area contributed by atoms with Gasteiger partial charge in [-0.25, -0.2) is 0 Å². The van der Waals surface area contributed by atoms with Crippen LogP contribution in [0.15, 0.2) is 162 Å². The van der Waals surface area contributed by atoms with Crippen molar-refractivity contribution in [2.24, 2.45) is 4.99 Å². The van der Waals surface area contributed by atoms with Crippen LogP contribution in [0.3, 0.4) is 0 Å². The van der Waals surface area contributed by atoms with Crippen molar-refractivity contribution in [2.45, 2.75) is 12.0 Å². The van der Waals surface area contributed by atoms with E-state index in [4.69, 9.17) is 4.99 Å². The van der Waals surface area contributed by atoms with Crippen LogP contribution in [-0.2, 0) is 0 Å². The Labute approximate surface area is 251 Å². The zero-order valence-corrected chi connectivity index (χ0v) is 23.6. The Kier molecular flexibility index (Phi) is 6.27. The standard InChI is InChI=1S/C40H29N3/c1-3-9-36(10-4-1)43(37-11-5-2-6-12-37)38-21-19-28(20-22-38)30-14-15-32-25-33(17-16-31(32)24-30)35-26-34-18-13-29-8-7-23-41-39(29)40(34)42-27-35/h1-27,35,40H. The maximum atomic E-state index is 4.93. The molecule has 0 saturated carbocycles. The zero-order chi connectivity index (χ0) is 28.6. The van der Waals surface area contributed by atoms with Gasteiger partial charge in [0.2, 0.25) is 0 Å². The van der Waals surface area contributed by atoms with E-state index in [9.17, 15) is 0 Å². The SMILES string of the molecule is C1=Cc2cccnc2C2N=CC(c3ccc4cc(-c5ccc(N(c6ccccc6)c6ccccc6)cc5)ccc4c3)C=C12. The first-order valence-corrected chi connectivity index (χ1v) is 14.7. The molecule has 43 heavy (non-hydrogen) atoms. The Bertz CT molecular complexity index is 1980. The van der Waals surface area contributed by atoms with Gasteiger partial charge < -0.3 is 4.90 Å². The highest BCUT2D eigenvalue weighted by Gasteiger charge is 2.25. The lowest BCUT2D eigenvalue weighted by atomic mass is 9.86. The largest absolute Gasteiger partial charge is 0.311 e. The topological polar surface area (TPSA) is 28.5 Å². The number of aromatic nitrogens is 1. The Balaban J connectivity index is 1.06. The van der Waals surface area contributed by atoms with Crippen molar-refractivity contribution in [1.82, 2.24) is 4.98 Å². The Morgan fingerprint density at radius 3 is 2.00 bits per heavy atom. The van der Waals surface area contributed by atoms with Crippen molar-refractivity contribution in [2.75, 3.05) is 4.90 Å². The summed E-state index contributed by atoms with van der Waals surface area (Å²) in [5.41, 5.74) is 10.5. The second-order valence-corrected chi connectivity index (χ2v) is 11.1. The highest BCUT2D eigenvalue weighted by Crippen LogP contribution is 2.39. The molecule has 0 amide bonds. The third-order valence-corrected chi connectivity index (χ3v) is 8.41. The maximum absolute atomic E-state index is 4.93. The van der Waals surface area contributed by atoms with Crippen molar-refractivity contribution in [3.63, 3.8) is 0 Å². The molecule has 1 aliphatic carbocycles. The van der Waals surface area contributed by atoms with Gasteiger partial charge in [0.05, 0.1) is 5.69 Å². The molecule has 3 nitrogen and oxygen atoms in total. The predicted octanol–water partition coefficient (Wildman–Crippen LogP) is 10.2. The fourth-order valence-electron chi connectivity index (χ4n) is 6.20. The van der Waals surface area contributed by atoms with Crippen molar-refractivity contribution >= 4 is 40.1 Å². The lowest BCUT2D eigenvalue weighted by Gasteiger charge is -2.25. The molecule has 8 rings (SSSR count). The molecule has 2 atom stereocenters. The molecule has 0 saturated heterocycles. The molecule has 0 fully saturated rings. The van der Waals surface area contributed by atoms with E-state index in [0.717, 1.165) is 28.3 Å². The highest BCUT2D eigenvalue weighted by atomic mass is 15.1. The second-order valence-electron chi connectivity index (χ2n) is 11.1. The van der Waals surface area contributed by atoms with Crippen LogP contribution in [0, 0.1) is 0 Å². The average molecular weight is 552 g/mol. The van der Waals surface area contributed by atoms with Crippen LogP contribution in [0.1, 0.15) is 28.8 Å². The average Bonchev–Trinajstić information content (AvgIpc) is 3.09. The number of rotatable bonds is 5. The minimum absolute atomic E-state index is 0.000631. The molecule has 3 heteroatoms. The number of para-hydroxylation sites is 2. The van der Waals surface area contributed by atoms with E-state index in [1.807, 2.05) is 12.3 Å².